The Morgan fingerprint density at radius 1 is 1.07 bits per heavy atom. The van der Waals surface area contributed by atoms with E-state index in [9.17, 15) is 14.4 Å². The second-order valence-electron chi connectivity index (χ2n) is 10.1. The zero-order chi connectivity index (χ0) is 32.1. The van der Waals surface area contributed by atoms with Gasteiger partial charge in [-0.15, -0.1) is 0 Å². The predicted octanol–water partition coefficient (Wildman–Crippen LogP) is 3.21. The maximum atomic E-state index is 14.1. The van der Waals surface area contributed by atoms with Crippen molar-refractivity contribution in [3.63, 3.8) is 0 Å². The normalized spacial score (nSPS) is 16.6. The number of fused-ring (bicyclic) bond motifs is 1. The molecule has 11 nitrogen and oxygen atoms in total. The minimum absolute atomic E-state index is 0.125. The van der Waals surface area contributed by atoms with Crippen LogP contribution >= 0.6 is 27.3 Å². The molecule has 0 bridgehead atoms. The molecule has 1 atom stereocenters. The van der Waals surface area contributed by atoms with E-state index in [0.29, 0.717) is 76.3 Å². The van der Waals surface area contributed by atoms with Gasteiger partial charge in [0, 0.05) is 23.1 Å². The van der Waals surface area contributed by atoms with Gasteiger partial charge in [0.05, 0.1) is 49.3 Å². The van der Waals surface area contributed by atoms with E-state index < -0.39 is 12.0 Å². The number of halogens is 1. The van der Waals surface area contributed by atoms with Crippen molar-refractivity contribution in [2.24, 2.45) is 4.99 Å². The van der Waals surface area contributed by atoms with Crippen molar-refractivity contribution in [1.29, 1.82) is 0 Å². The molecule has 0 N–H and O–H groups in total. The Labute approximate surface area is 272 Å². The highest BCUT2D eigenvalue weighted by molar-refractivity contribution is 9.10. The van der Waals surface area contributed by atoms with Crippen LogP contribution < -0.4 is 29.1 Å². The Kier molecular flexibility index (Phi) is 10.4. The van der Waals surface area contributed by atoms with Gasteiger partial charge in [-0.25, -0.2) is 9.79 Å². The molecule has 2 aliphatic heterocycles. The van der Waals surface area contributed by atoms with E-state index in [1.165, 1.54) is 15.9 Å². The molecule has 3 aromatic rings. The molecular weight excluding hydrogens is 666 g/mol. The molecule has 0 radical (unpaired) electrons. The first-order valence-electron chi connectivity index (χ1n) is 14.5. The second kappa shape index (κ2) is 14.4. The first kappa shape index (κ1) is 32.5. The Morgan fingerprint density at radius 3 is 2.53 bits per heavy atom. The third-order valence-corrected chi connectivity index (χ3v) is 8.76. The Hall–Kier alpha value is -3.94. The topological polar surface area (TPSA) is 118 Å². The molecule has 238 valence electrons. The monoisotopic (exact) mass is 699 g/mol. The SMILES string of the molecule is CCOC(=O)C1=C(C)N=c2s/c(=C\c3ccc(OCC(=O)N4CCOCC4)c(OCC)c3)c(=O)n2[C@@H]1c1cc(Br)ccc1OC. The first-order valence-corrected chi connectivity index (χ1v) is 16.1. The number of allylic oxidation sites excluding steroid dienone is 1. The zero-order valence-corrected chi connectivity index (χ0v) is 27.9. The van der Waals surface area contributed by atoms with Crippen LogP contribution in [0.5, 0.6) is 17.2 Å². The average Bonchev–Trinajstić information content (AvgIpc) is 3.34. The van der Waals surface area contributed by atoms with Crippen LogP contribution in [0.3, 0.4) is 0 Å². The van der Waals surface area contributed by atoms with Crippen molar-refractivity contribution in [2.75, 3.05) is 53.2 Å². The largest absolute Gasteiger partial charge is 0.496 e. The predicted molar refractivity (Wildman–Crippen MR) is 172 cm³/mol. The number of hydrogen-bond donors (Lipinski definition) is 0. The van der Waals surface area contributed by atoms with Crippen molar-refractivity contribution >= 4 is 45.2 Å². The van der Waals surface area contributed by atoms with Gasteiger partial charge in [0.15, 0.2) is 22.9 Å². The Balaban J connectivity index is 1.54. The number of carbonyl (C=O) groups is 2. The number of amides is 1. The number of ether oxygens (including phenoxy) is 5. The van der Waals surface area contributed by atoms with Gasteiger partial charge in [-0.3, -0.25) is 14.2 Å². The third-order valence-electron chi connectivity index (χ3n) is 7.28. The lowest BCUT2D eigenvalue weighted by Gasteiger charge is -2.26. The van der Waals surface area contributed by atoms with E-state index in [1.807, 2.05) is 19.1 Å². The van der Waals surface area contributed by atoms with Crippen LogP contribution in [0.1, 0.15) is 37.9 Å². The van der Waals surface area contributed by atoms with Gasteiger partial charge in [-0.05, 0) is 62.7 Å². The summed E-state index contributed by atoms with van der Waals surface area (Å²) in [5.74, 6) is 0.710. The highest BCUT2D eigenvalue weighted by Crippen LogP contribution is 2.37. The van der Waals surface area contributed by atoms with Gasteiger partial charge in [0.25, 0.3) is 11.5 Å². The van der Waals surface area contributed by atoms with Crippen molar-refractivity contribution in [3.8, 4) is 17.2 Å². The lowest BCUT2D eigenvalue weighted by atomic mass is 9.95. The molecule has 1 saturated heterocycles. The van der Waals surface area contributed by atoms with Crippen molar-refractivity contribution in [3.05, 3.63) is 83.0 Å². The first-order chi connectivity index (χ1) is 21.7. The molecule has 2 aromatic carbocycles. The van der Waals surface area contributed by atoms with Crippen LogP contribution in [0.15, 0.2) is 61.9 Å². The number of aromatic nitrogens is 1. The third kappa shape index (κ3) is 7.00. The van der Waals surface area contributed by atoms with E-state index in [1.54, 1.807) is 56.2 Å². The van der Waals surface area contributed by atoms with Crippen LogP contribution in [0.25, 0.3) is 6.08 Å². The summed E-state index contributed by atoms with van der Waals surface area (Å²) in [6.07, 6.45) is 1.74. The van der Waals surface area contributed by atoms with Crippen LogP contribution in [-0.4, -0.2) is 74.6 Å². The summed E-state index contributed by atoms with van der Waals surface area (Å²) >= 11 is 4.73. The number of thiazole rings is 1. The number of nitrogens with zero attached hydrogens (tertiary/aromatic N) is 3. The molecule has 2 aliphatic rings. The number of benzene rings is 2. The molecule has 1 aromatic heterocycles. The standard InChI is InChI=1S/C32H34BrN3O8S/c1-5-42-25-15-20(7-9-24(25)44-18-27(37)35-11-13-41-14-12-35)16-26-30(38)36-29(22-17-21(33)8-10-23(22)40-4)28(31(39)43-6-2)19(3)34-32(36)45-26/h7-10,15-17,29H,5-6,11-14,18H2,1-4H3/b26-16-/t29-/m1/s1. The number of hydrogen-bond acceptors (Lipinski definition) is 10. The van der Waals surface area contributed by atoms with Crippen molar-refractivity contribution in [1.82, 2.24) is 9.47 Å². The maximum absolute atomic E-state index is 14.1. The van der Waals surface area contributed by atoms with E-state index >= 15 is 0 Å². The quantitative estimate of drug-likeness (QED) is 0.296. The minimum atomic E-state index is -0.825. The summed E-state index contributed by atoms with van der Waals surface area (Å²) in [4.78, 5) is 46.7. The van der Waals surface area contributed by atoms with Gasteiger partial charge >= 0.3 is 5.97 Å². The van der Waals surface area contributed by atoms with Crippen LogP contribution in [0.4, 0.5) is 0 Å². The highest BCUT2D eigenvalue weighted by Gasteiger charge is 2.35. The molecule has 45 heavy (non-hydrogen) atoms. The second-order valence-corrected chi connectivity index (χ2v) is 12.0. The minimum Gasteiger partial charge on any atom is -0.496 e. The van der Waals surface area contributed by atoms with Crippen LogP contribution in [0, 0.1) is 0 Å². The molecule has 0 unspecified atom stereocenters. The molecule has 0 aliphatic carbocycles. The fourth-order valence-corrected chi connectivity index (χ4v) is 6.63. The molecular formula is C32H34BrN3O8S. The summed E-state index contributed by atoms with van der Waals surface area (Å²) in [7, 11) is 1.54. The number of morpholine rings is 1. The van der Waals surface area contributed by atoms with E-state index in [0.717, 1.165) is 4.47 Å². The summed E-state index contributed by atoms with van der Waals surface area (Å²) in [5, 5.41) is 0. The van der Waals surface area contributed by atoms with Gasteiger partial charge in [0.2, 0.25) is 0 Å². The van der Waals surface area contributed by atoms with E-state index in [4.69, 9.17) is 23.7 Å². The maximum Gasteiger partial charge on any atom is 0.338 e. The van der Waals surface area contributed by atoms with E-state index in [-0.39, 0.29) is 30.3 Å². The van der Waals surface area contributed by atoms with Gasteiger partial charge in [-0.2, -0.15) is 0 Å². The molecule has 13 heteroatoms. The molecule has 1 fully saturated rings. The van der Waals surface area contributed by atoms with Crippen molar-refractivity contribution < 1.29 is 33.3 Å². The number of esters is 1. The van der Waals surface area contributed by atoms with Crippen molar-refractivity contribution in [2.45, 2.75) is 26.8 Å². The lowest BCUT2D eigenvalue weighted by molar-refractivity contribution is -0.139. The average molecular weight is 701 g/mol. The van der Waals surface area contributed by atoms with Crippen LogP contribution in [-0.2, 0) is 19.1 Å². The zero-order valence-electron chi connectivity index (χ0n) is 25.5. The number of rotatable bonds is 10. The van der Waals surface area contributed by atoms with Gasteiger partial charge < -0.3 is 28.6 Å². The highest BCUT2D eigenvalue weighted by atomic mass is 79.9. The summed E-state index contributed by atoms with van der Waals surface area (Å²) in [5.41, 5.74) is 1.70. The summed E-state index contributed by atoms with van der Waals surface area (Å²) in [6, 6.07) is 9.89. The fraction of sp³-hybridized carbons (Fsp3) is 0.375. The Bertz CT molecular complexity index is 1810. The Morgan fingerprint density at radius 2 is 1.82 bits per heavy atom. The molecule has 3 heterocycles. The lowest BCUT2D eigenvalue weighted by Crippen LogP contribution is -2.43. The number of carbonyl (C=O) groups excluding carboxylic acids is 2. The van der Waals surface area contributed by atoms with Gasteiger partial charge in [0.1, 0.15) is 11.8 Å². The molecule has 1 amide bonds. The molecule has 0 saturated carbocycles. The molecule has 5 rings (SSSR count). The fourth-order valence-electron chi connectivity index (χ4n) is 5.20. The number of methoxy groups -OCH3 is 1. The van der Waals surface area contributed by atoms with E-state index in [2.05, 4.69) is 20.9 Å². The summed E-state index contributed by atoms with van der Waals surface area (Å²) < 4.78 is 30.7. The van der Waals surface area contributed by atoms with Crippen LogP contribution in [0.2, 0.25) is 0 Å². The molecule has 0 spiro atoms. The van der Waals surface area contributed by atoms with Gasteiger partial charge in [-0.1, -0.05) is 33.3 Å². The smallest absolute Gasteiger partial charge is 0.338 e. The summed E-state index contributed by atoms with van der Waals surface area (Å²) in [6.45, 7) is 7.83.